The second-order valence-electron chi connectivity index (χ2n) is 10.5. The molecule has 8 nitrogen and oxygen atoms in total. The molecular formula is C21H34N4O4S. The van der Waals surface area contributed by atoms with Crippen molar-refractivity contribution in [2.24, 2.45) is 22.9 Å². The van der Waals surface area contributed by atoms with Crippen LogP contribution in [0.5, 0.6) is 0 Å². The lowest BCUT2D eigenvalue weighted by Gasteiger charge is -2.41. The van der Waals surface area contributed by atoms with Crippen LogP contribution in [0, 0.1) is 17.8 Å². The number of nitrogens with one attached hydrogen (secondary N) is 2. The van der Waals surface area contributed by atoms with Crippen molar-refractivity contribution in [1.82, 2.24) is 15.2 Å². The molecule has 1 amide bonds. The number of rotatable bonds is 7. The number of hydrogen-bond donors (Lipinski definition) is 2. The van der Waals surface area contributed by atoms with E-state index in [-0.39, 0.29) is 35.4 Å². The predicted octanol–water partition coefficient (Wildman–Crippen LogP) is 1.92. The molecule has 2 N–H and O–H groups in total. The van der Waals surface area contributed by atoms with Crippen molar-refractivity contribution in [2.45, 2.75) is 94.6 Å². The minimum atomic E-state index is -3.42. The molecule has 0 aromatic heterocycles. The molecule has 30 heavy (non-hydrogen) atoms. The third-order valence-electron chi connectivity index (χ3n) is 7.50. The Morgan fingerprint density at radius 3 is 2.60 bits per heavy atom. The van der Waals surface area contributed by atoms with Crippen LogP contribution >= 0.6 is 0 Å². The lowest BCUT2D eigenvalue weighted by molar-refractivity contribution is -0.141. The highest BCUT2D eigenvalue weighted by Gasteiger charge is 2.49. The number of carbonyl (C=O) groups is 1. The van der Waals surface area contributed by atoms with E-state index in [2.05, 4.69) is 17.1 Å². The minimum Gasteiger partial charge on any atom is -0.296 e. The Kier molecular flexibility index (Phi) is 5.24. The molecule has 3 saturated carbocycles. The van der Waals surface area contributed by atoms with E-state index in [1.54, 1.807) is 5.01 Å². The molecule has 0 bridgehead atoms. The van der Waals surface area contributed by atoms with Gasteiger partial charge in [-0.1, -0.05) is 0 Å². The summed E-state index contributed by atoms with van der Waals surface area (Å²) < 4.78 is 28.9. The maximum atomic E-state index is 13.4. The largest absolute Gasteiger partial charge is 0.296 e. The summed E-state index contributed by atoms with van der Waals surface area (Å²) in [6.07, 6.45) is 7.69. The molecule has 4 fully saturated rings. The average Bonchev–Trinajstić information content (AvgIpc) is 3.60. The van der Waals surface area contributed by atoms with Crippen molar-refractivity contribution >= 4 is 21.6 Å². The van der Waals surface area contributed by atoms with Crippen LogP contribution in [-0.4, -0.2) is 54.5 Å². The van der Waals surface area contributed by atoms with Gasteiger partial charge in [0.05, 0.1) is 11.8 Å². The number of nitrogens with zero attached hydrogens (tertiary/aromatic N) is 2. The van der Waals surface area contributed by atoms with Gasteiger partial charge in [0.2, 0.25) is 15.9 Å². The van der Waals surface area contributed by atoms with Gasteiger partial charge in [-0.15, -0.1) is 0 Å². The topological polar surface area (TPSA) is 100 Å². The van der Waals surface area contributed by atoms with E-state index in [0.717, 1.165) is 37.8 Å². The Balaban J connectivity index is 1.34. The second kappa shape index (κ2) is 7.53. The third kappa shape index (κ3) is 4.31. The second-order valence-corrected chi connectivity index (χ2v) is 12.5. The van der Waals surface area contributed by atoms with Crippen LogP contribution in [0.4, 0.5) is 0 Å². The molecule has 5 atom stereocenters. The Labute approximate surface area is 179 Å². The first-order valence-corrected chi connectivity index (χ1v) is 13.1. The Morgan fingerprint density at radius 1 is 1.20 bits per heavy atom. The molecule has 1 saturated heterocycles. The summed E-state index contributed by atoms with van der Waals surface area (Å²) in [7, 11) is -3.42. The highest BCUT2D eigenvalue weighted by atomic mass is 32.2. The standard InChI is InChI=1S/C21H34N4O4S/c1-13-9-15(29-23-13)12-25-20(26)18-11-16(30(27,28)24-21(2)7-8-21)5-6-17(18)19(22-25)10-14-3-4-14/h13-18,23-24H,3-12H2,1-2H3. The average molecular weight is 439 g/mol. The summed E-state index contributed by atoms with van der Waals surface area (Å²) in [6, 6.07) is 0.261. The van der Waals surface area contributed by atoms with Crippen LogP contribution in [0.2, 0.25) is 0 Å². The number of sulfonamides is 1. The maximum Gasteiger partial charge on any atom is 0.246 e. The molecule has 3 aliphatic carbocycles. The van der Waals surface area contributed by atoms with Crippen molar-refractivity contribution in [3.05, 3.63) is 0 Å². The van der Waals surface area contributed by atoms with Gasteiger partial charge in [-0.25, -0.2) is 18.1 Å². The highest BCUT2D eigenvalue weighted by molar-refractivity contribution is 7.90. The highest BCUT2D eigenvalue weighted by Crippen LogP contribution is 2.43. The zero-order valence-corrected chi connectivity index (χ0v) is 18.8. The lowest BCUT2D eigenvalue weighted by atomic mass is 9.73. The fourth-order valence-corrected chi connectivity index (χ4v) is 7.18. The van der Waals surface area contributed by atoms with Gasteiger partial charge in [-0.2, -0.15) is 10.6 Å². The lowest BCUT2D eigenvalue weighted by Crippen LogP contribution is -2.52. The first-order chi connectivity index (χ1) is 14.2. The zero-order chi connectivity index (χ0) is 21.1. The van der Waals surface area contributed by atoms with E-state index >= 15 is 0 Å². The van der Waals surface area contributed by atoms with Crippen LogP contribution in [-0.2, 0) is 19.7 Å². The van der Waals surface area contributed by atoms with Crippen LogP contribution in [0.25, 0.3) is 0 Å². The molecule has 0 aromatic carbocycles. The van der Waals surface area contributed by atoms with Gasteiger partial charge < -0.3 is 0 Å². The van der Waals surface area contributed by atoms with Gasteiger partial charge in [0.25, 0.3) is 0 Å². The first-order valence-electron chi connectivity index (χ1n) is 11.6. The van der Waals surface area contributed by atoms with Crippen LogP contribution in [0.1, 0.15) is 71.6 Å². The smallest absolute Gasteiger partial charge is 0.246 e. The summed E-state index contributed by atoms with van der Waals surface area (Å²) in [5.41, 5.74) is 3.80. The SMILES string of the molecule is CC1CC(CN2N=C(CC3CC3)C3CCC(S(=O)(=O)NC4(C)CC4)CC3C2=O)ON1. The van der Waals surface area contributed by atoms with E-state index in [1.165, 1.54) is 12.8 Å². The molecule has 9 heteroatoms. The van der Waals surface area contributed by atoms with Gasteiger partial charge in [0.1, 0.15) is 6.10 Å². The molecule has 0 aromatic rings. The van der Waals surface area contributed by atoms with E-state index in [0.29, 0.717) is 25.3 Å². The van der Waals surface area contributed by atoms with Crippen LogP contribution < -0.4 is 10.2 Å². The fraction of sp³-hybridized carbons (Fsp3) is 0.905. The number of hydrazone groups is 1. The molecule has 5 unspecified atom stereocenters. The Hall–Kier alpha value is -1.03. The molecule has 2 heterocycles. The fourth-order valence-electron chi connectivity index (χ4n) is 5.22. The van der Waals surface area contributed by atoms with E-state index < -0.39 is 15.3 Å². The molecule has 5 rings (SSSR count). The molecular weight excluding hydrogens is 404 g/mol. The summed E-state index contributed by atoms with van der Waals surface area (Å²) in [6.45, 7) is 4.45. The van der Waals surface area contributed by atoms with Crippen molar-refractivity contribution in [2.75, 3.05) is 6.54 Å². The predicted molar refractivity (Wildman–Crippen MR) is 113 cm³/mol. The van der Waals surface area contributed by atoms with Crippen molar-refractivity contribution in [3.8, 4) is 0 Å². The zero-order valence-electron chi connectivity index (χ0n) is 18.0. The van der Waals surface area contributed by atoms with Crippen molar-refractivity contribution in [1.29, 1.82) is 0 Å². The Bertz CT molecular complexity index is 836. The molecule has 168 valence electrons. The van der Waals surface area contributed by atoms with E-state index in [4.69, 9.17) is 9.94 Å². The number of hydrogen-bond acceptors (Lipinski definition) is 6. The van der Waals surface area contributed by atoms with E-state index in [1.807, 2.05) is 6.92 Å². The van der Waals surface area contributed by atoms with Gasteiger partial charge in [-0.3, -0.25) is 9.63 Å². The van der Waals surface area contributed by atoms with Crippen molar-refractivity contribution < 1.29 is 18.0 Å². The van der Waals surface area contributed by atoms with Crippen LogP contribution in [0.3, 0.4) is 0 Å². The molecule has 0 radical (unpaired) electrons. The molecule has 0 spiro atoms. The number of amides is 1. The van der Waals surface area contributed by atoms with E-state index in [9.17, 15) is 13.2 Å². The summed E-state index contributed by atoms with van der Waals surface area (Å²) in [4.78, 5) is 19.0. The third-order valence-corrected chi connectivity index (χ3v) is 9.59. The van der Waals surface area contributed by atoms with Gasteiger partial charge >= 0.3 is 0 Å². The summed E-state index contributed by atoms with van der Waals surface area (Å²) in [5.74, 6) is 0.464. The quantitative estimate of drug-likeness (QED) is 0.633. The van der Waals surface area contributed by atoms with Crippen molar-refractivity contribution in [3.63, 3.8) is 0 Å². The monoisotopic (exact) mass is 438 g/mol. The minimum absolute atomic E-state index is 0.0276. The number of carbonyl (C=O) groups excluding carboxylic acids is 1. The molecule has 2 aliphatic heterocycles. The summed E-state index contributed by atoms with van der Waals surface area (Å²) >= 11 is 0. The number of hydroxylamine groups is 1. The Morgan fingerprint density at radius 2 is 1.97 bits per heavy atom. The van der Waals surface area contributed by atoms with Crippen LogP contribution in [0.15, 0.2) is 5.10 Å². The first kappa shape index (κ1) is 20.8. The number of fused-ring (bicyclic) bond motifs is 1. The van der Waals surface area contributed by atoms with Gasteiger partial charge in [0, 0.05) is 29.1 Å². The van der Waals surface area contributed by atoms with Gasteiger partial charge in [0.15, 0.2) is 0 Å². The van der Waals surface area contributed by atoms with Gasteiger partial charge in [-0.05, 0) is 77.6 Å². The maximum absolute atomic E-state index is 13.4. The summed E-state index contributed by atoms with van der Waals surface area (Å²) in [5, 5.41) is 5.90. The normalized spacial score (nSPS) is 38.3. The molecule has 5 aliphatic rings.